The highest BCUT2D eigenvalue weighted by molar-refractivity contribution is 6.30. The SMILES string of the molecule is COc1ccc(C=NNC(=O)c2cc(OC)c(OC)c(OC)c2)cc1COc1ccc(Cl)cc1. The molecule has 3 rings (SSSR count). The number of methoxy groups -OCH3 is 4. The monoisotopic (exact) mass is 484 g/mol. The average Bonchev–Trinajstić information content (AvgIpc) is 2.87. The van der Waals surface area contributed by atoms with Gasteiger partial charge in [-0.05, 0) is 60.2 Å². The number of amides is 1. The molecule has 0 heterocycles. The van der Waals surface area contributed by atoms with Gasteiger partial charge in [0.15, 0.2) is 11.5 Å². The van der Waals surface area contributed by atoms with E-state index in [2.05, 4.69) is 10.5 Å². The predicted octanol–water partition coefficient (Wildman–Crippen LogP) is 4.72. The minimum absolute atomic E-state index is 0.282. The van der Waals surface area contributed by atoms with Crippen LogP contribution in [0.2, 0.25) is 5.02 Å². The molecule has 1 N–H and O–H groups in total. The Hall–Kier alpha value is -3.91. The van der Waals surface area contributed by atoms with Crippen LogP contribution in [0.4, 0.5) is 0 Å². The summed E-state index contributed by atoms with van der Waals surface area (Å²) in [6, 6.07) is 15.7. The minimum atomic E-state index is -0.435. The minimum Gasteiger partial charge on any atom is -0.496 e. The van der Waals surface area contributed by atoms with Crippen LogP contribution in [-0.4, -0.2) is 40.6 Å². The molecule has 1 amide bonds. The lowest BCUT2D eigenvalue weighted by atomic mass is 10.1. The standard InChI is InChI=1S/C25H25ClN2O6/c1-30-21-10-5-16(11-18(21)15-34-20-8-6-19(26)7-9-20)14-27-28-25(29)17-12-22(31-2)24(33-4)23(13-17)32-3/h5-14H,15H2,1-4H3,(H,28,29). The zero-order chi connectivity index (χ0) is 24.5. The number of rotatable bonds is 10. The highest BCUT2D eigenvalue weighted by Crippen LogP contribution is 2.38. The van der Waals surface area contributed by atoms with Gasteiger partial charge in [0, 0.05) is 16.1 Å². The van der Waals surface area contributed by atoms with E-state index in [9.17, 15) is 4.79 Å². The third-order valence-corrected chi connectivity index (χ3v) is 5.07. The fraction of sp³-hybridized carbons (Fsp3) is 0.200. The van der Waals surface area contributed by atoms with E-state index in [1.165, 1.54) is 27.5 Å². The number of hydrazone groups is 1. The molecule has 0 spiro atoms. The third-order valence-electron chi connectivity index (χ3n) is 4.82. The smallest absolute Gasteiger partial charge is 0.271 e. The van der Waals surface area contributed by atoms with Gasteiger partial charge in [-0.15, -0.1) is 0 Å². The van der Waals surface area contributed by atoms with E-state index in [1.54, 1.807) is 43.5 Å². The zero-order valence-corrected chi connectivity index (χ0v) is 20.0. The van der Waals surface area contributed by atoms with Gasteiger partial charge in [0.05, 0.1) is 34.7 Å². The van der Waals surface area contributed by atoms with Crippen molar-refractivity contribution in [2.45, 2.75) is 6.61 Å². The summed E-state index contributed by atoms with van der Waals surface area (Å²) in [6.07, 6.45) is 1.53. The maximum absolute atomic E-state index is 12.6. The molecule has 0 saturated heterocycles. The molecule has 0 saturated carbocycles. The lowest BCUT2D eigenvalue weighted by Gasteiger charge is -2.13. The molecule has 0 radical (unpaired) electrons. The molecule has 0 aliphatic rings. The Kier molecular flexibility index (Phi) is 8.59. The summed E-state index contributed by atoms with van der Waals surface area (Å²) >= 11 is 5.91. The molecule has 3 aromatic rings. The molecular weight excluding hydrogens is 460 g/mol. The Labute approximate surface area is 203 Å². The predicted molar refractivity (Wildman–Crippen MR) is 130 cm³/mol. The molecule has 0 fully saturated rings. The summed E-state index contributed by atoms with van der Waals surface area (Å²) in [4.78, 5) is 12.6. The van der Waals surface area contributed by atoms with Crippen LogP contribution in [0.25, 0.3) is 0 Å². The number of hydrogen-bond donors (Lipinski definition) is 1. The van der Waals surface area contributed by atoms with Gasteiger partial charge in [0.25, 0.3) is 5.91 Å². The second-order valence-electron chi connectivity index (χ2n) is 6.93. The van der Waals surface area contributed by atoms with E-state index in [-0.39, 0.29) is 6.61 Å². The van der Waals surface area contributed by atoms with Crippen molar-refractivity contribution in [2.75, 3.05) is 28.4 Å². The first-order chi connectivity index (χ1) is 16.5. The number of halogens is 1. The summed E-state index contributed by atoms with van der Waals surface area (Å²) in [6.45, 7) is 0.282. The summed E-state index contributed by atoms with van der Waals surface area (Å²) in [5.41, 5.74) is 4.37. The highest BCUT2D eigenvalue weighted by atomic mass is 35.5. The molecule has 0 atom stereocenters. The van der Waals surface area contributed by atoms with Crippen LogP contribution >= 0.6 is 11.6 Å². The van der Waals surface area contributed by atoms with Crippen LogP contribution in [0.5, 0.6) is 28.7 Å². The summed E-state index contributed by atoms with van der Waals surface area (Å²) < 4.78 is 27.1. The Morgan fingerprint density at radius 2 is 1.53 bits per heavy atom. The van der Waals surface area contributed by atoms with Gasteiger partial charge in [-0.1, -0.05) is 11.6 Å². The number of benzene rings is 3. The van der Waals surface area contributed by atoms with E-state index < -0.39 is 5.91 Å². The molecule has 3 aromatic carbocycles. The van der Waals surface area contributed by atoms with E-state index in [0.717, 1.165) is 11.1 Å². The normalized spacial score (nSPS) is 10.6. The molecule has 34 heavy (non-hydrogen) atoms. The maximum atomic E-state index is 12.6. The van der Waals surface area contributed by atoms with Gasteiger partial charge in [0.2, 0.25) is 5.75 Å². The molecule has 178 valence electrons. The van der Waals surface area contributed by atoms with Crippen LogP contribution in [0.1, 0.15) is 21.5 Å². The summed E-state index contributed by atoms with van der Waals surface area (Å²) in [5.74, 6) is 2.07. The van der Waals surface area contributed by atoms with Crippen molar-refractivity contribution in [1.82, 2.24) is 5.43 Å². The van der Waals surface area contributed by atoms with Gasteiger partial charge in [-0.2, -0.15) is 5.10 Å². The number of nitrogens with one attached hydrogen (secondary N) is 1. The first-order valence-electron chi connectivity index (χ1n) is 10.2. The van der Waals surface area contributed by atoms with E-state index in [0.29, 0.717) is 39.3 Å². The molecule has 0 aliphatic heterocycles. The van der Waals surface area contributed by atoms with Crippen molar-refractivity contribution >= 4 is 23.7 Å². The lowest BCUT2D eigenvalue weighted by Crippen LogP contribution is -2.18. The molecule has 0 aliphatic carbocycles. The number of hydrogen-bond acceptors (Lipinski definition) is 7. The highest BCUT2D eigenvalue weighted by Gasteiger charge is 2.16. The summed E-state index contributed by atoms with van der Waals surface area (Å²) in [5, 5.41) is 4.70. The fourth-order valence-corrected chi connectivity index (χ4v) is 3.25. The van der Waals surface area contributed by atoms with Crippen LogP contribution in [0.15, 0.2) is 59.7 Å². The van der Waals surface area contributed by atoms with Crippen LogP contribution in [0.3, 0.4) is 0 Å². The second kappa shape index (κ2) is 11.8. The Bertz CT molecular complexity index is 1140. The second-order valence-corrected chi connectivity index (χ2v) is 7.36. The molecule has 0 bridgehead atoms. The Morgan fingerprint density at radius 1 is 0.882 bits per heavy atom. The van der Waals surface area contributed by atoms with Crippen molar-refractivity contribution in [3.8, 4) is 28.7 Å². The number of ether oxygens (including phenoxy) is 5. The molecule has 0 aromatic heterocycles. The average molecular weight is 485 g/mol. The van der Waals surface area contributed by atoms with Crippen LogP contribution in [0, 0.1) is 0 Å². The zero-order valence-electron chi connectivity index (χ0n) is 19.3. The van der Waals surface area contributed by atoms with Crippen LogP contribution < -0.4 is 29.1 Å². The van der Waals surface area contributed by atoms with Gasteiger partial charge < -0.3 is 23.7 Å². The third kappa shape index (κ3) is 6.11. The van der Waals surface area contributed by atoms with E-state index in [4.69, 9.17) is 35.3 Å². The van der Waals surface area contributed by atoms with Gasteiger partial charge in [0.1, 0.15) is 18.1 Å². The first kappa shape index (κ1) is 24.7. The molecule has 8 nitrogen and oxygen atoms in total. The quantitative estimate of drug-likeness (QED) is 0.331. The molecule has 0 unspecified atom stereocenters. The number of carbonyl (C=O) groups excluding carboxylic acids is 1. The fourth-order valence-electron chi connectivity index (χ4n) is 3.13. The molecule has 9 heteroatoms. The Balaban J connectivity index is 1.71. The van der Waals surface area contributed by atoms with Crippen molar-refractivity contribution in [1.29, 1.82) is 0 Å². The largest absolute Gasteiger partial charge is 0.496 e. The van der Waals surface area contributed by atoms with Crippen molar-refractivity contribution in [3.05, 3.63) is 76.3 Å². The first-order valence-corrected chi connectivity index (χ1v) is 10.6. The van der Waals surface area contributed by atoms with Crippen molar-refractivity contribution in [2.24, 2.45) is 5.10 Å². The topological polar surface area (TPSA) is 87.6 Å². The van der Waals surface area contributed by atoms with Crippen molar-refractivity contribution in [3.63, 3.8) is 0 Å². The van der Waals surface area contributed by atoms with Gasteiger partial charge in [-0.3, -0.25) is 4.79 Å². The Morgan fingerprint density at radius 3 is 2.12 bits per heavy atom. The lowest BCUT2D eigenvalue weighted by molar-refractivity contribution is 0.0954. The van der Waals surface area contributed by atoms with E-state index >= 15 is 0 Å². The summed E-state index contributed by atoms with van der Waals surface area (Å²) in [7, 11) is 6.05. The maximum Gasteiger partial charge on any atom is 0.271 e. The number of nitrogens with zero attached hydrogens (tertiary/aromatic N) is 1. The van der Waals surface area contributed by atoms with Gasteiger partial charge >= 0.3 is 0 Å². The number of carbonyl (C=O) groups is 1. The van der Waals surface area contributed by atoms with Crippen LogP contribution in [-0.2, 0) is 6.61 Å². The van der Waals surface area contributed by atoms with Crippen molar-refractivity contribution < 1.29 is 28.5 Å². The van der Waals surface area contributed by atoms with E-state index in [1.807, 2.05) is 18.2 Å². The molecular formula is C25H25ClN2O6. The van der Waals surface area contributed by atoms with Gasteiger partial charge in [-0.25, -0.2) is 5.43 Å².